The molecule has 2 aromatic heterocycles. The maximum Gasteiger partial charge on any atom is 0.312 e. The van der Waals surface area contributed by atoms with Crippen molar-refractivity contribution < 1.29 is 18.8 Å². The van der Waals surface area contributed by atoms with Gasteiger partial charge in [0.15, 0.2) is 5.82 Å². The zero-order valence-corrected chi connectivity index (χ0v) is 16.5. The Balaban J connectivity index is 1.88. The molecule has 3 rings (SSSR count). The summed E-state index contributed by atoms with van der Waals surface area (Å²) in [5, 5.41) is 15.7. The summed E-state index contributed by atoms with van der Waals surface area (Å²) >= 11 is 3.12. The van der Waals surface area contributed by atoms with Gasteiger partial charge in [-0.2, -0.15) is 5.10 Å². The fourth-order valence-corrected chi connectivity index (χ4v) is 3.04. The topological polar surface area (TPSA) is 105 Å². The van der Waals surface area contributed by atoms with Gasteiger partial charge in [-0.25, -0.2) is 14.4 Å². The number of nitro groups is 1. The number of halogens is 2. The maximum absolute atomic E-state index is 13.4. The van der Waals surface area contributed by atoms with Crippen molar-refractivity contribution in [1.29, 1.82) is 0 Å². The van der Waals surface area contributed by atoms with E-state index in [-0.39, 0.29) is 24.7 Å². The Kier molecular flexibility index (Phi) is 5.95. The van der Waals surface area contributed by atoms with Crippen molar-refractivity contribution in [2.75, 3.05) is 7.11 Å². The zero-order chi connectivity index (χ0) is 20.3. The van der Waals surface area contributed by atoms with E-state index >= 15 is 0 Å². The van der Waals surface area contributed by atoms with E-state index < -0.39 is 10.7 Å². The summed E-state index contributed by atoms with van der Waals surface area (Å²) in [6.07, 6.45) is 1.48. The minimum Gasteiger partial charge on any atom is -0.490 e. The van der Waals surface area contributed by atoms with Gasteiger partial charge >= 0.3 is 5.69 Å². The summed E-state index contributed by atoms with van der Waals surface area (Å²) in [6.45, 7) is 0.0772. The summed E-state index contributed by atoms with van der Waals surface area (Å²) in [7, 11) is 3.03. The second-order valence-electron chi connectivity index (χ2n) is 5.79. The highest BCUT2D eigenvalue weighted by atomic mass is 79.9. The van der Waals surface area contributed by atoms with Crippen LogP contribution in [-0.2, 0) is 25.0 Å². The van der Waals surface area contributed by atoms with Crippen LogP contribution in [0.1, 0.15) is 11.3 Å². The van der Waals surface area contributed by atoms with Crippen molar-refractivity contribution in [1.82, 2.24) is 19.7 Å². The smallest absolute Gasteiger partial charge is 0.312 e. The van der Waals surface area contributed by atoms with Crippen molar-refractivity contribution in [3.05, 3.63) is 62.4 Å². The number of methoxy groups -OCH3 is 1. The number of hydrogen-bond acceptors (Lipinski definition) is 7. The van der Waals surface area contributed by atoms with Crippen LogP contribution in [0.15, 0.2) is 35.2 Å². The number of nitro benzene ring substituents is 1. The molecule has 0 saturated carbocycles. The summed E-state index contributed by atoms with van der Waals surface area (Å²) in [6, 6.07) is 5.52. The fraction of sp³-hybridized carbons (Fsp3) is 0.235. The molecule has 0 aliphatic carbocycles. The van der Waals surface area contributed by atoms with E-state index in [2.05, 4.69) is 31.0 Å². The molecule has 0 N–H and O–H groups in total. The van der Waals surface area contributed by atoms with Gasteiger partial charge in [-0.15, -0.1) is 0 Å². The van der Waals surface area contributed by atoms with Crippen molar-refractivity contribution in [3.63, 3.8) is 0 Å². The Labute approximate surface area is 167 Å². The van der Waals surface area contributed by atoms with Gasteiger partial charge in [-0.05, 0) is 33.6 Å². The van der Waals surface area contributed by atoms with Gasteiger partial charge in [-0.1, -0.05) is 0 Å². The van der Waals surface area contributed by atoms with Crippen LogP contribution in [-0.4, -0.2) is 31.8 Å². The molecule has 9 nitrogen and oxygen atoms in total. The van der Waals surface area contributed by atoms with Gasteiger partial charge < -0.3 is 9.47 Å². The van der Waals surface area contributed by atoms with E-state index in [1.54, 1.807) is 13.1 Å². The first kappa shape index (κ1) is 19.8. The molecule has 146 valence electrons. The Hall–Kier alpha value is -2.92. The summed E-state index contributed by atoms with van der Waals surface area (Å²) in [4.78, 5) is 19.2. The third-order valence-electron chi connectivity index (χ3n) is 3.70. The van der Waals surface area contributed by atoms with Crippen LogP contribution >= 0.6 is 15.9 Å². The maximum atomic E-state index is 13.4. The molecule has 0 unspecified atom stereocenters. The molecular formula is C17H15BrFN5O4. The Morgan fingerprint density at radius 1 is 1.29 bits per heavy atom. The molecule has 0 amide bonds. The molecule has 3 aromatic rings. The fourth-order valence-electron chi connectivity index (χ4n) is 2.60. The number of ether oxygens (including phenoxy) is 2. The molecular weight excluding hydrogens is 437 g/mol. The lowest BCUT2D eigenvalue weighted by molar-refractivity contribution is -0.385. The van der Waals surface area contributed by atoms with E-state index in [1.807, 2.05) is 0 Å². The number of nitrogens with zero attached hydrogens (tertiary/aromatic N) is 5. The molecule has 0 atom stereocenters. The molecule has 0 radical (unpaired) electrons. The average molecular weight is 452 g/mol. The molecule has 0 spiro atoms. The van der Waals surface area contributed by atoms with Gasteiger partial charge in [-0.3, -0.25) is 14.8 Å². The molecule has 0 aliphatic heterocycles. The molecule has 0 aliphatic rings. The molecule has 1 aromatic carbocycles. The van der Waals surface area contributed by atoms with E-state index in [4.69, 9.17) is 9.47 Å². The molecule has 0 saturated heterocycles. The number of aryl methyl sites for hydroxylation is 1. The number of aromatic nitrogens is 4. The summed E-state index contributed by atoms with van der Waals surface area (Å²) in [5.41, 5.74) is 1.06. The van der Waals surface area contributed by atoms with E-state index in [0.29, 0.717) is 27.2 Å². The minimum atomic E-state index is -0.542. The normalized spacial score (nSPS) is 10.9. The number of benzene rings is 1. The van der Waals surface area contributed by atoms with Crippen LogP contribution in [0, 0.1) is 15.9 Å². The Bertz CT molecular complexity index is 1010. The van der Waals surface area contributed by atoms with Crippen molar-refractivity contribution >= 4 is 21.6 Å². The van der Waals surface area contributed by atoms with Gasteiger partial charge in [0.2, 0.25) is 5.75 Å². The van der Waals surface area contributed by atoms with Crippen LogP contribution in [0.5, 0.6) is 5.75 Å². The SMILES string of the molecule is COc1c(-c2ncn(C)n2)cc(COCc2cc(F)cc(Br)n2)cc1[N+](=O)[O-]. The minimum absolute atomic E-state index is 0.0351. The molecule has 0 bridgehead atoms. The highest BCUT2D eigenvalue weighted by Gasteiger charge is 2.23. The van der Waals surface area contributed by atoms with Gasteiger partial charge in [0.05, 0.1) is 36.5 Å². The largest absolute Gasteiger partial charge is 0.490 e. The lowest BCUT2D eigenvalue weighted by Gasteiger charge is -2.10. The van der Waals surface area contributed by atoms with Crippen LogP contribution in [0.4, 0.5) is 10.1 Å². The summed E-state index contributed by atoms with van der Waals surface area (Å²) < 4.78 is 26.0. The van der Waals surface area contributed by atoms with Crippen molar-refractivity contribution in [2.45, 2.75) is 13.2 Å². The third kappa shape index (κ3) is 4.49. The second-order valence-corrected chi connectivity index (χ2v) is 6.60. The monoisotopic (exact) mass is 451 g/mol. The molecule has 11 heteroatoms. The first-order valence-corrected chi connectivity index (χ1v) is 8.77. The first-order chi connectivity index (χ1) is 13.4. The number of pyridine rings is 1. The lowest BCUT2D eigenvalue weighted by Crippen LogP contribution is -2.02. The van der Waals surface area contributed by atoms with E-state index in [9.17, 15) is 14.5 Å². The van der Waals surface area contributed by atoms with E-state index in [1.165, 1.54) is 36.3 Å². The lowest BCUT2D eigenvalue weighted by atomic mass is 10.1. The quantitative estimate of drug-likeness (QED) is 0.307. The average Bonchev–Trinajstić information content (AvgIpc) is 3.06. The highest BCUT2D eigenvalue weighted by Crippen LogP contribution is 2.37. The second kappa shape index (κ2) is 8.40. The van der Waals surface area contributed by atoms with Gasteiger partial charge in [0.1, 0.15) is 16.7 Å². The van der Waals surface area contributed by atoms with E-state index in [0.717, 1.165) is 0 Å². The number of hydrogen-bond donors (Lipinski definition) is 0. The molecule has 0 fully saturated rings. The van der Waals surface area contributed by atoms with Crippen LogP contribution in [0.3, 0.4) is 0 Å². The predicted octanol–water partition coefficient (Wildman–Crippen LogP) is 3.41. The predicted molar refractivity (Wildman–Crippen MR) is 100 cm³/mol. The van der Waals surface area contributed by atoms with Gasteiger partial charge in [0.25, 0.3) is 0 Å². The summed E-state index contributed by atoms with van der Waals surface area (Å²) in [5.74, 6) is -0.0835. The van der Waals surface area contributed by atoms with Crippen molar-refractivity contribution in [3.8, 4) is 17.1 Å². The third-order valence-corrected chi connectivity index (χ3v) is 4.11. The highest BCUT2D eigenvalue weighted by molar-refractivity contribution is 9.10. The van der Waals surface area contributed by atoms with Crippen LogP contribution in [0.25, 0.3) is 11.4 Å². The van der Waals surface area contributed by atoms with Crippen LogP contribution < -0.4 is 4.74 Å². The Morgan fingerprint density at radius 3 is 2.68 bits per heavy atom. The van der Waals surface area contributed by atoms with Gasteiger partial charge in [0, 0.05) is 19.2 Å². The van der Waals surface area contributed by atoms with Crippen LogP contribution in [0.2, 0.25) is 0 Å². The Morgan fingerprint density at radius 2 is 2.07 bits per heavy atom. The number of rotatable bonds is 7. The first-order valence-electron chi connectivity index (χ1n) is 7.98. The molecule has 2 heterocycles. The zero-order valence-electron chi connectivity index (χ0n) is 14.9. The van der Waals surface area contributed by atoms with Crippen molar-refractivity contribution in [2.24, 2.45) is 7.05 Å². The molecule has 28 heavy (non-hydrogen) atoms. The standard InChI is InChI=1S/C17H15BrFN5O4/c1-23-9-20-17(22-23)13-3-10(4-14(24(25)26)16(13)27-2)7-28-8-12-5-11(19)6-15(18)21-12/h3-6,9H,7-8H2,1-2H3.